The van der Waals surface area contributed by atoms with Gasteiger partial charge in [0.15, 0.2) is 0 Å². The van der Waals surface area contributed by atoms with Crippen molar-refractivity contribution in [2.24, 2.45) is 5.92 Å². The number of hydrogen-bond acceptors (Lipinski definition) is 3. The fourth-order valence-electron chi connectivity index (χ4n) is 2.14. The summed E-state index contributed by atoms with van der Waals surface area (Å²) in [4.78, 5) is 22.3. The van der Waals surface area contributed by atoms with Gasteiger partial charge in [-0.25, -0.2) is 0 Å². The molecule has 0 aromatic heterocycles. The van der Waals surface area contributed by atoms with E-state index >= 15 is 0 Å². The first-order valence-electron chi connectivity index (χ1n) is 6.34. The molecule has 0 unspecified atom stereocenters. The van der Waals surface area contributed by atoms with Crippen LogP contribution < -0.4 is 5.32 Å². The zero-order valence-corrected chi connectivity index (χ0v) is 10.6. The Labute approximate surface area is 107 Å². The van der Waals surface area contributed by atoms with Crippen LogP contribution in [0.4, 0.5) is 0 Å². The maximum absolute atomic E-state index is 11.6. The van der Waals surface area contributed by atoms with Crippen LogP contribution in [0.1, 0.15) is 32.1 Å². The molecule has 0 radical (unpaired) electrons. The van der Waals surface area contributed by atoms with Crippen LogP contribution in [0.25, 0.3) is 0 Å². The fraction of sp³-hybridized carbons (Fsp3) is 0.692. The lowest BCUT2D eigenvalue weighted by molar-refractivity contribution is -0.141. The number of amides is 1. The van der Waals surface area contributed by atoms with Gasteiger partial charge in [0.25, 0.3) is 0 Å². The molecule has 5 nitrogen and oxygen atoms in total. The van der Waals surface area contributed by atoms with E-state index in [2.05, 4.69) is 11.9 Å². The van der Waals surface area contributed by atoms with Gasteiger partial charge >= 0.3 is 5.97 Å². The Morgan fingerprint density at radius 2 is 2.22 bits per heavy atom. The minimum absolute atomic E-state index is 0.0201. The van der Waals surface area contributed by atoms with Crippen LogP contribution in [0, 0.1) is 5.92 Å². The molecule has 1 amide bonds. The van der Waals surface area contributed by atoms with Gasteiger partial charge in [-0.15, -0.1) is 6.58 Å². The summed E-state index contributed by atoms with van der Waals surface area (Å²) in [5.41, 5.74) is 0. The smallest absolute Gasteiger partial charge is 0.306 e. The predicted molar refractivity (Wildman–Crippen MR) is 67.2 cm³/mol. The van der Waals surface area contributed by atoms with E-state index < -0.39 is 5.97 Å². The number of nitrogens with one attached hydrogen (secondary N) is 1. The van der Waals surface area contributed by atoms with Gasteiger partial charge in [0.2, 0.25) is 5.91 Å². The topological polar surface area (TPSA) is 75.6 Å². The van der Waals surface area contributed by atoms with Crippen molar-refractivity contribution >= 4 is 11.9 Å². The van der Waals surface area contributed by atoms with E-state index in [4.69, 9.17) is 9.84 Å². The Bertz CT molecular complexity index is 303. The van der Waals surface area contributed by atoms with E-state index in [9.17, 15) is 9.59 Å². The summed E-state index contributed by atoms with van der Waals surface area (Å²) in [7, 11) is 0. The van der Waals surface area contributed by atoms with Gasteiger partial charge in [-0.05, 0) is 25.7 Å². The second-order valence-electron chi connectivity index (χ2n) is 4.58. The summed E-state index contributed by atoms with van der Waals surface area (Å²) >= 11 is 0. The van der Waals surface area contributed by atoms with E-state index in [1.807, 2.05) is 0 Å². The first kappa shape index (κ1) is 14.7. The highest BCUT2D eigenvalue weighted by Gasteiger charge is 2.30. The summed E-state index contributed by atoms with van der Waals surface area (Å²) < 4.78 is 5.18. The Hall–Kier alpha value is -1.36. The maximum Gasteiger partial charge on any atom is 0.306 e. The van der Waals surface area contributed by atoms with Crippen molar-refractivity contribution in [3.63, 3.8) is 0 Å². The standard InChI is InChI=1S/C13H21NO4/c1-2-7-18-8-3-4-12(15)14-11-6-5-10(9-11)13(16)17/h2,10-11H,1,3-9H2,(H,14,15)(H,16,17)/t10-,11+/m0/s1. The molecule has 0 aromatic carbocycles. The zero-order valence-electron chi connectivity index (χ0n) is 10.6. The van der Waals surface area contributed by atoms with Gasteiger partial charge in [0.1, 0.15) is 0 Å². The monoisotopic (exact) mass is 255 g/mol. The molecular formula is C13H21NO4. The van der Waals surface area contributed by atoms with Gasteiger partial charge < -0.3 is 15.2 Å². The fourth-order valence-corrected chi connectivity index (χ4v) is 2.14. The van der Waals surface area contributed by atoms with E-state index in [0.29, 0.717) is 38.9 Å². The van der Waals surface area contributed by atoms with E-state index in [1.54, 1.807) is 6.08 Å². The third-order valence-corrected chi connectivity index (χ3v) is 3.08. The average molecular weight is 255 g/mol. The van der Waals surface area contributed by atoms with E-state index in [1.165, 1.54) is 0 Å². The third kappa shape index (κ3) is 5.31. The van der Waals surface area contributed by atoms with E-state index in [-0.39, 0.29) is 17.9 Å². The van der Waals surface area contributed by atoms with Gasteiger partial charge in [0.05, 0.1) is 12.5 Å². The molecule has 18 heavy (non-hydrogen) atoms. The van der Waals surface area contributed by atoms with E-state index in [0.717, 1.165) is 6.42 Å². The summed E-state index contributed by atoms with van der Waals surface area (Å²) in [6, 6.07) is 0.0210. The quantitative estimate of drug-likeness (QED) is 0.507. The Balaban J connectivity index is 2.10. The number of rotatable bonds is 8. The van der Waals surface area contributed by atoms with Crippen molar-refractivity contribution in [2.75, 3.05) is 13.2 Å². The minimum atomic E-state index is -0.760. The minimum Gasteiger partial charge on any atom is -0.481 e. The molecule has 0 aromatic rings. The number of hydrogen-bond donors (Lipinski definition) is 2. The Morgan fingerprint density at radius 3 is 2.83 bits per heavy atom. The highest BCUT2D eigenvalue weighted by molar-refractivity contribution is 5.76. The van der Waals surface area contributed by atoms with Gasteiger partial charge in [-0.2, -0.15) is 0 Å². The summed E-state index contributed by atoms with van der Waals surface area (Å²) in [5, 5.41) is 11.7. The molecule has 1 saturated carbocycles. The van der Waals surface area contributed by atoms with Crippen LogP contribution >= 0.6 is 0 Å². The number of carboxylic acid groups (broad SMARTS) is 1. The number of carbonyl (C=O) groups is 2. The zero-order chi connectivity index (χ0) is 13.4. The molecule has 0 heterocycles. The van der Waals surface area contributed by atoms with Crippen LogP contribution in [0.15, 0.2) is 12.7 Å². The van der Waals surface area contributed by atoms with Crippen molar-refractivity contribution < 1.29 is 19.4 Å². The molecular weight excluding hydrogens is 234 g/mol. The summed E-state index contributed by atoms with van der Waals surface area (Å²) in [6.07, 6.45) is 4.73. The van der Waals surface area contributed by atoms with Gasteiger partial charge in [-0.1, -0.05) is 6.08 Å². The molecule has 0 spiro atoms. The van der Waals surface area contributed by atoms with Crippen LogP contribution in [0.5, 0.6) is 0 Å². The van der Waals surface area contributed by atoms with Crippen molar-refractivity contribution in [3.05, 3.63) is 12.7 Å². The normalized spacial score (nSPS) is 22.7. The molecule has 5 heteroatoms. The number of aliphatic carboxylic acids is 1. The second-order valence-corrected chi connectivity index (χ2v) is 4.58. The molecule has 1 fully saturated rings. The second kappa shape index (κ2) is 7.87. The maximum atomic E-state index is 11.6. The molecule has 0 saturated heterocycles. The SMILES string of the molecule is C=CCOCCCC(=O)N[C@@H]1CC[C@H](C(=O)O)C1. The molecule has 1 aliphatic carbocycles. The highest BCUT2D eigenvalue weighted by Crippen LogP contribution is 2.25. The Morgan fingerprint density at radius 1 is 1.44 bits per heavy atom. The predicted octanol–water partition coefficient (Wildman–Crippen LogP) is 1.34. The van der Waals surface area contributed by atoms with Crippen LogP contribution in [0.3, 0.4) is 0 Å². The lowest BCUT2D eigenvalue weighted by Crippen LogP contribution is -2.33. The van der Waals surface area contributed by atoms with Gasteiger partial charge in [-0.3, -0.25) is 9.59 Å². The van der Waals surface area contributed by atoms with Crippen LogP contribution in [-0.2, 0) is 14.3 Å². The molecule has 0 aliphatic heterocycles. The largest absolute Gasteiger partial charge is 0.481 e. The van der Waals surface area contributed by atoms with Gasteiger partial charge in [0, 0.05) is 19.1 Å². The average Bonchev–Trinajstić information content (AvgIpc) is 2.77. The number of ether oxygens (including phenoxy) is 1. The Kier molecular flexibility index (Phi) is 6.43. The lowest BCUT2D eigenvalue weighted by atomic mass is 10.1. The van der Waals surface area contributed by atoms with Crippen molar-refractivity contribution in [3.8, 4) is 0 Å². The highest BCUT2D eigenvalue weighted by atomic mass is 16.5. The summed E-state index contributed by atoms with van der Waals surface area (Å²) in [5.74, 6) is -1.08. The number of carbonyl (C=O) groups excluding carboxylic acids is 1. The van der Waals surface area contributed by atoms with Crippen LogP contribution in [0.2, 0.25) is 0 Å². The molecule has 2 atom stereocenters. The molecule has 102 valence electrons. The summed E-state index contributed by atoms with van der Waals surface area (Å²) in [6.45, 7) is 4.58. The van der Waals surface area contributed by atoms with Crippen molar-refractivity contribution in [1.29, 1.82) is 0 Å². The van der Waals surface area contributed by atoms with Crippen LogP contribution in [-0.4, -0.2) is 36.2 Å². The lowest BCUT2D eigenvalue weighted by Gasteiger charge is -2.12. The molecule has 2 N–H and O–H groups in total. The first-order valence-corrected chi connectivity index (χ1v) is 6.34. The first-order chi connectivity index (χ1) is 8.63. The number of carboxylic acids is 1. The molecule has 1 aliphatic rings. The molecule has 1 rings (SSSR count). The third-order valence-electron chi connectivity index (χ3n) is 3.08. The van der Waals surface area contributed by atoms with Crippen molar-refractivity contribution in [2.45, 2.75) is 38.1 Å². The molecule has 0 bridgehead atoms. The van der Waals surface area contributed by atoms with Crippen molar-refractivity contribution in [1.82, 2.24) is 5.32 Å².